The Hall–Kier alpha value is -0.530. The van der Waals surface area contributed by atoms with E-state index in [-0.39, 0.29) is 0 Å². The summed E-state index contributed by atoms with van der Waals surface area (Å²) in [5.74, 6) is 2.08. The van der Waals surface area contributed by atoms with Crippen molar-refractivity contribution in [3.8, 4) is 0 Å². The maximum absolute atomic E-state index is 5.00. The molecule has 1 aliphatic heterocycles. The standard InChI is InChI=1S/C26H50N2/c1-3-4-5-6-7-8-9-10-11-12-13-14-15-16-17-18-22-26-27-24-20-19-21-25(28-26)23(24)2/h23-25H,3-22H2,1-2H3,(H,27,28). The van der Waals surface area contributed by atoms with Gasteiger partial charge < -0.3 is 5.32 Å². The molecule has 2 heteroatoms. The number of hydrogen-bond acceptors (Lipinski definition) is 2. The van der Waals surface area contributed by atoms with Crippen LogP contribution in [-0.2, 0) is 0 Å². The van der Waals surface area contributed by atoms with Gasteiger partial charge in [0.1, 0.15) is 0 Å². The van der Waals surface area contributed by atoms with Crippen LogP contribution >= 0.6 is 0 Å². The average Bonchev–Trinajstić information content (AvgIpc) is 2.68. The number of hydrogen-bond donors (Lipinski definition) is 1. The van der Waals surface area contributed by atoms with E-state index in [1.165, 1.54) is 134 Å². The summed E-state index contributed by atoms with van der Waals surface area (Å²) < 4.78 is 0. The number of nitrogens with zero attached hydrogens (tertiary/aromatic N) is 1. The Kier molecular flexibility index (Phi) is 13.0. The molecule has 164 valence electrons. The third kappa shape index (κ3) is 9.79. The van der Waals surface area contributed by atoms with Gasteiger partial charge in [0, 0.05) is 12.5 Å². The van der Waals surface area contributed by atoms with Crippen molar-refractivity contribution in [2.75, 3.05) is 0 Å². The van der Waals surface area contributed by atoms with Crippen LogP contribution in [0.1, 0.15) is 142 Å². The first-order chi connectivity index (χ1) is 13.8. The molecule has 1 heterocycles. The molecule has 1 aliphatic carbocycles. The van der Waals surface area contributed by atoms with Gasteiger partial charge in [0.25, 0.3) is 0 Å². The van der Waals surface area contributed by atoms with Crippen LogP contribution in [0.4, 0.5) is 0 Å². The van der Waals surface area contributed by atoms with Gasteiger partial charge in [-0.15, -0.1) is 0 Å². The van der Waals surface area contributed by atoms with Crippen LogP contribution in [-0.4, -0.2) is 17.9 Å². The summed E-state index contributed by atoms with van der Waals surface area (Å²) >= 11 is 0. The fourth-order valence-corrected chi connectivity index (χ4v) is 5.16. The summed E-state index contributed by atoms with van der Waals surface area (Å²) in [5, 5.41) is 3.74. The van der Waals surface area contributed by atoms with Crippen molar-refractivity contribution in [2.24, 2.45) is 10.9 Å². The molecule has 0 spiro atoms. The Morgan fingerprint density at radius 3 is 1.71 bits per heavy atom. The highest BCUT2D eigenvalue weighted by molar-refractivity contribution is 5.83. The van der Waals surface area contributed by atoms with Gasteiger partial charge in [0.05, 0.1) is 11.9 Å². The Labute approximate surface area is 176 Å². The van der Waals surface area contributed by atoms with Gasteiger partial charge in [-0.1, -0.05) is 110 Å². The fraction of sp³-hybridized carbons (Fsp3) is 0.962. The molecule has 2 nitrogen and oxygen atoms in total. The second-order valence-corrected chi connectivity index (χ2v) is 9.74. The quantitative estimate of drug-likeness (QED) is 0.249. The summed E-state index contributed by atoms with van der Waals surface area (Å²) in [5.41, 5.74) is 0. The maximum Gasteiger partial charge on any atom is 0.0968 e. The Morgan fingerprint density at radius 1 is 0.714 bits per heavy atom. The number of aliphatic imine (C=N–C) groups is 1. The van der Waals surface area contributed by atoms with Crippen molar-refractivity contribution < 1.29 is 0 Å². The van der Waals surface area contributed by atoms with Crippen LogP contribution in [0.15, 0.2) is 4.99 Å². The molecule has 0 aromatic carbocycles. The number of amidine groups is 1. The van der Waals surface area contributed by atoms with E-state index in [9.17, 15) is 0 Å². The first kappa shape index (κ1) is 23.7. The predicted octanol–water partition coefficient (Wildman–Crippen LogP) is 8.20. The molecule has 0 aromatic heterocycles. The number of unbranched alkanes of at least 4 members (excludes halogenated alkanes) is 15. The van der Waals surface area contributed by atoms with E-state index in [2.05, 4.69) is 19.2 Å². The van der Waals surface area contributed by atoms with Gasteiger partial charge in [0.2, 0.25) is 0 Å². The normalized spacial score (nSPS) is 24.1. The zero-order chi connectivity index (χ0) is 19.9. The van der Waals surface area contributed by atoms with Gasteiger partial charge in [-0.2, -0.15) is 0 Å². The summed E-state index contributed by atoms with van der Waals surface area (Å²) in [6.45, 7) is 4.69. The fourth-order valence-electron chi connectivity index (χ4n) is 5.16. The van der Waals surface area contributed by atoms with Crippen molar-refractivity contribution in [3.05, 3.63) is 0 Å². The van der Waals surface area contributed by atoms with Crippen molar-refractivity contribution in [3.63, 3.8) is 0 Å². The summed E-state index contributed by atoms with van der Waals surface area (Å²) in [7, 11) is 0. The second kappa shape index (κ2) is 15.3. The lowest BCUT2D eigenvalue weighted by molar-refractivity contribution is 0.252. The molecule has 1 saturated carbocycles. The van der Waals surface area contributed by atoms with Gasteiger partial charge in [0.15, 0.2) is 0 Å². The topological polar surface area (TPSA) is 24.4 Å². The monoisotopic (exact) mass is 390 g/mol. The molecule has 2 aliphatic rings. The predicted molar refractivity (Wildman–Crippen MR) is 125 cm³/mol. The van der Waals surface area contributed by atoms with Crippen molar-refractivity contribution >= 4 is 5.84 Å². The smallest absolute Gasteiger partial charge is 0.0968 e. The molecule has 1 N–H and O–H groups in total. The van der Waals surface area contributed by atoms with E-state index >= 15 is 0 Å². The van der Waals surface area contributed by atoms with Gasteiger partial charge in [-0.25, -0.2) is 0 Å². The lowest BCUT2D eigenvalue weighted by Crippen LogP contribution is -2.50. The molecule has 2 rings (SSSR count). The molecule has 1 fully saturated rings. The highest BCUT2D eigenvalue weighted by Crippen LogP contribution is 2.30. The first-order valence-corrected chi connectivity index (χ1v) is 13.1. The summed E-state index contributed by atoms with van der Waals surface area (Å²) in [6.07, 6.45) is 28.3. The van der Waals surface area contributed by atoms with E-state index in [0.29, 0.717) is 12.1 Å². The average molecular weight is 391 g/mol. The molecule has 0 radical (unpaired) electrons. The Balaban J connectivity index is 1.31. The van der Waals surface area contributed by atoms with Crippen molar-refractivity contribution in [1.82, 2.24) is 5.32 Å². The minimum absolute atomic E-state index is 0.621. The zero-order valence-electron chi connectivity index (χ0n) is 19.3. The summed E-state index contributed by atoms with van der Waals surface area (Å²) in [4.78, 5) is 5.00. The second-order valence-electron chi connectivity index (χ2n) is 9.74. The largest absolute Gasteiger partial charge is 0.371 e. The third-order valence-electron chi connectivity index (χ3n) is 7.20. The zero-order valence-corrected chi connectivity index (χ0v) is 19.3. The van der Waals surface area contributed by atoms with Crippen LogP contribution in [0.2, 0.25) is 0 Å². The van der Waals surface area contributed by atoms with Crippen LogP contribution in [0.25, 0.3) is 0 Å². The molecule has 0 saturated heterocycles. The molecular weight excluding hydrogens is 340 g/mol. The van der Waals surface area contributed by atoms with Gasteiger partial charge in [-0.05, 0) is 31.6 Å². The molecule has 3 atom stereocenters. The lowest BCUT2D eigenvalue weighted by atomic mass is 9.80. The van der Waals surface area contributed by atoms with Gasteiger partial charge >= 0.3 is 0 Å². The van der Waals surface area contributed by atoms with E-state index in [0.717, 1.165) is 5.92 Å². The minimum Gasteiger partial charge on any atom is -0.371 e. The highest BCUT2D eigenvalue weighted by Gasteiger charge is 2.33. The van der Waals surface area contributed by atoms with E-state index in [1.54, 1.807) is 0 Å². The molecule has 0 amide bonds. The molecular formula is C26H50N2. The number of nitrogens with one attached hydrogen (secondary N) is 1. The van der Waals surface area contributed by atoms with Crippen molar-refractivity contribution in [1.29, 1.82) is 0 Å². The lowest BCUT2D eigenvalue weighted by Gasteiger charge is -2.40. The first-order valence-electron chi connectivity index (χ1n) is 13.1. The molecule has 0 aromatic rings. The minimum atomic E-state index is 0.621. The van der Waals surface area contributed by atoms with Crippen LogP contribution in [0.5, 0.6) is 0 Å². The Morgan fingerprint density at radius 2 is 1.21 bits per heavy atom. The molecule has 28 heavy (non-hydrogen) atoms. The van der Waals surface area contributed by atoms with E-state index in [4.69, 9.17) is 4.99 Å². The van der Waals surface area contributed by atoms with Crippen LogP contribution in [0, 0.1) is 5.92 Å². The molecule has 2 bridgehead atoms. The number of fused-ring (bicyclic) bond motifs is 2. The summed E-state index contributed by atoms with van der Waals surface area (Å²) in [6, 6.07) is 1.34. The van der Waals surface area contributed by atoms with Crippen LogP contribution < -0.4 is 5.32 Å². The molecule has 3 unspecified atom stereocenters. The van der Waals surface area contributed by atoms with E-state index in [1.807, 2.05) is 0 Å². The highest BCUT2D eigenvalue weighted by atomic mass is 15.1. The van der Waals surface area contributed by atoms with Crippen LogP contribution in [0.3, 0.4) is 0 Å². The maximum atomic E-state index is 5.00. The SMILES string of the molecule is CCCCCCCCCCCCCCCCCCC1=NC2CCCC(N1)C2C. The third-order valence-corrected chi connectivity index (χ3v) is 7.20. The Bertz CT molecular complexity index is 403. The van der Waals surface area contributed by atoms with E-state index < -0.39 is 0 Å². The number of rotatable bonds is 17. The van der Waals surface area contributed by atoms with Gasteiger partial charge in [-0.3, -0.25) is 4.99 Å². The van der Waals surface area contributed by atoms with Crippen molar-refractivity contribution in [2.45, 2.75) is 154 Å².